The number of piperazine rings is 2. The molecule has 4 aromatic rings. The lowest BCUT2D eigenvalue weighted by Crippen LogP contribution is -2.60. The number of sulfone groups is 2. The molecule has 2 aromatic carbocycles. The van der Waals surface area contributed by atoms with Crippen LogP contribution in [-0.2, 0) is 65.2 Å². The van der Waals surface area contributed by atoms with Crippen molar-refractivity contribution >= 4 is 95.6 Å². The van der Waals surface area contributed by atoms with E-state index < -0.39 is 67.1 Å². The Hall–Kier alpha value is -2.70. The van der Waals surface area contributed by atoms with E-state index in [1.165, 1.54) is 40.0 Å². The van der Waals surface area contributed by atoms with Crippen LogP contribution in [0.4, 0.5) is 11.4 Å². The third-order valence-electron chi connectivity index (χ3n) is 14.7. The smallest absolute Gasteiger partial charge is 0.264 e. The standard InChI is InChI=1S/C23H33N3O5S3.C19H26N2O6S3.C6H12O2S.C6H12S/c1-18-17-33(28,29)14-12-24(18)15-21-16-25(34(30,31)22-5-4-13-32-22)10-11-26(21)20-8-6-19(7-9-20)23(2,3)27;1-19(2,22)15-6-8-16(9-7-15)21-11-10-20(13-17(21)14-27-29(3,23)24)30(25,26)18-5-4-12-28-18;1-6-3-2-4-9(7,8)5-6;1-6-3-2-4-7-5-6/h4-9,13,18,21,27H,10-12,14-17H2,1-3H3;4-9,12,17,22H,10-11,13-14H2,1-3H3;6H,2-5H2,1H3;6H,2-5H2,1H3/t18?,21-;17-;;/m01../s1. The highest BCUT2D eigenvalue weighted by Crippen LogP contribution is 2.32. The van der Waals surface area contributed by atoms with Crippen molar-refractivity contribution < 1.29 is 56.5 Å². The number of nitrogens with zero attached hydrogens (tertiary/aromatic N) is 5. The van der Waals surface area contributed by atoms with Crippen LogP contribution in [0.2, 0.25) is 0 Å². The number of hydrogen-bond donors (Lipinski definition) is 2. The van der Waals surface area contributed by atoms with E-state index in [0.717, 1.165) is 58.9 Å². The van der Waals surface area contributed by atoms with E-state index >= 15 is 0 Å². The summed E-state index contributed by atoms with van der Waals surface area (Å²) in [5.41, 5.74) is 1.39. The fraction of sp³-hybridized carbons (Fsp3) is 0.630. The predicted molar refractivity (Wildman–Crippen MR) is 325 cm³/mol. The largest absolute Gasteiger partial charge is 0.386 e. The van der Waals surface area contributed by atoms with Gasteiger partial charge in [-0.25, -0.2) is 33.7 Å². The van der Waals surface area contributed by atoms with Gasteiger partial charge in [-0.15, -0.1) is 22.7 Å². The number of thiophene rings is 2. The first-order valence-electron chi connectivity index (χ1n) is 27.1. The number of thioether (sulfide) groups is 1. The Balaban J connectivity index is 0.000000202. The molecule has 7 heterocycles. The van der Waals surface area contributed by atoms with Crippen LogP contribution >= 0.6 is 34.4 Å². The first-order valence-corrected chi connectivity index (χ1v) is 38.3. The van der Waals surface area contributed by atoms with Crippen molar-refractivity contribution in [3.05, 3.63) is 94.7 Å². The summed E-state index contributed by atoms with van der Waals surface area (Å²) in [6, 6.07) is 20.9. The van der Waals surface area contributed by atoms with Gasteiger partial charge in [0.05, 0.1) is 59.2 Å². The number of hydrogen-bond acceptors (Lipinski definition) is 19. The summed E-state index contributed by atoms with van der Waals surface area (Å²) in [6.07, 6.45) is 5.83. The molecule has 0 saturated carbocycles. The summed E-state index contributed by atoms with van der Waals surface area (Å²) >= 11 is 4.47. The van der Waals surface area contributed by atoms with Crippen LogP contribution in [0.25, 0.3) is 0 Å². The summed E-state index contributed by atoms with van der Waals surface area (Å²) in [5.74, 6) is 5.27. The molecule has 0 amide bonds. The van der Waals surface area contributed by atoms with E-state index in [1.807, 2.05) is 55.1 Å². The first kappa shape index (κ1) is 66.4. The minimum Gasteiger partial charge on any atom is -0.386 e. The van der Waals surface area contributed by atoms with Crippen LogP contribution in [0.15, 0.2) is 92.0 Å². The maximum Gasteiger partial charge on any atom is 0.264 e. The number of anilines is 2. The van der Waals surface area contributed by atoms with Gasteiger partial charge in [-0.3, -0.25) is 9.08 Å². The number of rotatable bonds is 13. The number of benzene rings is 2. The molecule has 0 aliphatic carbocycles. The zero-order valence-corrected chi connectivity index (χ0v) is 53.8. The zero-order chi connectivity index (χ0) is 58.9. The van der Waals surface area contributed by atoms with Gasteiger partial charge >= 0.3 is 0 Å². The molecule has 2 aromatic heterocycles. The van der Waals surface area contributed by atoms with E-state index in [9.17, 15) is 52.3 Å². The van der Waals surface area contributed by atoms with Crippen molar-refractivity contribution in [3.8, 4) is 0 Å². The van der Waals surface area contributed by atoms with Gasteiger partial charge in [0, 0.05) is 69.8 Å². The molecule has 0 spiro atoms. The van der Waals surface area contributed by atoms with Crippen LogP contribution in [-0.4, -0.2) is 184 Å². The van der Waals surface area contributed by atoms with Gasteiger partial charge in [0.2, 0.25) is 0 Å². The Labute approximate surface area is 490 Å². The van der Waals surface area contributed by atoms with Crippen molar-refractivity contribution in [1.82, 2.24) is 13.5 Å². The van der Waals surface area contributed by atoms with Gasteiger partial charge in [-0.2, -0.15) is 28.8 Å². The van der Waals surface area contributed by atoms with Gasteiger partial charge in [0.15, 0.2) is 19.7 Å². The highest BCUT2D eigenvalue weighted by atomic mass is 32.3. The molecule has 450 valence electrons. The van der Waals surface area contributed by atoms with E-state index in [1.54, 1.807) is 79.2 Å². The van der Waals surface area contributed by atoms with Crippen molar-refractivity contribution in [2.45, 2.75) is 112 Å². The molecule has 26 heteroatoms. The third-order valence-corrected chi connectivity index (χ3v) is 26.9. The Kier molecular flexibility index (Phi) is 23.3. The van der Waals surface area contributed by atoms with Crippen molar-refractivity contribution in [1.29, 1.82) is 0 Å². The second-order valence-electron chi connectivity index (χ2n) is 22.6. The quantitative estimate of drug-likeness (QED) is 0.131. The molecule has 5 aliphatic rings. The fourth-order valence-corrected chi connectivity index (χ4v) is 20.4. The minimum atomic E-state index is -3.68. The molecule has 5 aliphatic heterocycles. The molecule has 5 saturated heterocycles. The van der Waals surface area contributed by atoms with E-state index in [2.05, 4.69) is 28.5 Å². The SMILES string of the molecule is CC(C)(O)c1ccc(N2CCN(S(=O)(=O)c3cccs3)C[C@@H]2COS(C)(=O)=O)cc1.CC1CCCS(=O)(=O)C1.CC1CCCSC1.CC1CS(=O)(=O)CCN1C[C@H]1CN(S(=O)(=O)c2cccs2)CCN1c1ccc(C(C)(C)O)cc1. The number of sulfonamides is 2. The molecule has 5 atom stereocenters. The maximum absolute atomic E-state index is 13.2. The lowest BCUT2D eigenvalue weighted by Gasteiger charge is -2.45. The highest BCUT2D eigenvalue weighted by molar-refractivity contribution is 7.99. The summed E-state index contributed by atoms with van der Waals surface area (Å²) in [4.78, 5) is 6.31. The second-order valence-corrected chi connectivity index (χ2v) is 36.1. The molecule has 18 nitrogen and oxygen atoms in total. The third kappa shape index (κ3) is 19.4. The summed E-state index contributed by atoms with van der Waals surface area (Å²) in [6.45, 7) is 15.9. The molecule has 80 heavy (non-hydrogen) atoms. The van der Waals surface area contributed by atoms with E-state index in [-0.39, 0.29) is 47.5 Å². The monoisotopic (exact) mass is 1270 g/mol. The molecule has 5 fully saturated rings. The van der Waals surface area contributed by atoms with Gasteiger partial charge in [0.25, 0.3) is 30.2 Å². The molecule has 2 N–H and O–H groups in total. The fourth-order valence-electron chi connectivity index (χ4n) is 10.2. The molecule has 9 rings (SSSR count). The lowest BCUT2D eigenvalue weighted by atomic mass is 9.98. The van der Waals surface area contributed by atoms with Crippen molar-refractivity contribution in [2.24, 2.45) is 11.8 Å². The maximum atomic E-state index is 13.2. The van der Waals surface area contributed by atoms with E-state index in [0.29, 0.717) is 60.9 Å². The van der Waals surface area contributed by atoms with Gasteiger partial charge < -0.3 is 20.0 Å². The Bertz CT molecular complexity index is 3150. The molecule has 3 unspecified atom stereocenters. The summed E-state index contributed by atoms with van der Waals surface area (Å²) in [7, 11) is -16.6. The average molecular weight is 1270 g/mol. The van der Waals surface area contributed by atoms with Crippen molar-refractivity contribution in [3.63, 3.8) is 0 Å². The predicted octanol–water partition coefficient (Wildman–Crippen LogP) is 6.79. The second kappa shape index (κ2) is 28.0. The van der Waals surface area contributed by atoms with Crippen LogP contribution in [0.1, 0.15) is 85.3 Å². The van der Waals surface area contributed by atoms with Gasteiger partial charge in [-0.05, 0) is 142 Å². The highest BCUT2D eigenvalue weighted by Gasteiger charge is 2.39. The first-order chi connectivity index (χ1) is 37.2. The van der Waals surface area contributed by atoms with E-state index in [4.69, 9.17) is 4.18 Å². The topological polar surface area (TPSA) is 237 Å². The van der Waals surface area contributed by atoms with Crippen LogP contribution in [0.3, 0.4) is 0 Å². The van der Waals surface area contributed by atoms with Crippen LogP contribution in [0.5, 0.6) is 0 Å². The average Bonchev–Trinajstić information content (AvgIpc) is 4.14. The summed E-state index contributed by atoms with van der Waals surface area (Å²) in [5, 5.41) is 23.9. The Morgan fingerprint density at radius 2 is 1.09 bits per heavy atom. The molecule has 0 radical (unpaired) electrons. The zero-order valence-electron chi connectivity index (χ0n) is 47.3. The Morgan fingerprint density at radius 3 is 1.46 bits per heavy atom. The number of aliphatic hydroxyl groups is 2. The molecular weight excluding hydrogens is 1180 g/mol. The van der Waals surface area contributed by atoms with Gasteiger partial charge in [-0.1, -0.05) is 50.2 Å². The minimum absolute atomic E-state index is 0.100. The molecular formula is C54H83N5O13S8. The lowest BCUT2D eigenvalue weighted by molar-refractivity contribution is 0.0780. The Morgan fingerprint density at radius 1 is 0.613 bits per heavy atom. The molecule has 0 bridgehead atoms. The van der Waals surface area contributed by atoms with Crippen LogP contribution in [0, 0.1) is 11.8 Å². The normalized spacial score (nSPS) is 24.5. The van der Waals surface area contributed by atoms with Crippen molar-refractivity contribution in [2.75, 3.05) is 110 Å². The summed E-state index contributed by atoms with van der Waals surface area (Å²) < 4.78 is 130. The van der Waals surface area contributed by atoms with Crippen LogP contribution < -0.4 is 9.80 Å². The van der Waals surface area contributed by atoms with Gasteiger partial charge in [0.1, 0.15) is 8.42 Å².